The molecule has 4 aromatic rings. The smallest absolute Gasteiger partial charge is 0.489 e. The number of quaternary nitrogens is 1. The lowest BCUT2D eigenvalue weighted by Crippen LogP contribution is -2.62. The number of hydrogen-bond acceptors (Lipinski definition) is 4. The highest BCUT2D eigenvalue weighted by molar-refractivity contribution is 6.39. The fourth-order valence-corrected chi connectivity index (χ4v) is 5.23. The molecule has 0 aliphatic heterocycles. The van der Waals surface area contributed by atoms with Gasteiger partial charge < -0.3 is 18.7 Å². The molecular formula is C33H28BF12NO4. The Hall–Kier alpha value is -4.58. The Kier molecular flexibility index (Phi) is 13.3. The van der Waals surface area contributed by atoms with Gasteiger partial charge in [0, 0.05) is 56.0 Å². The maximum Gasteiger partial charge on any atom is 0.864 e. The van der Waals surface area contributed by atoms with Crippen LogP contribution in [0.25, 0.3) is 0 Å². The first kappa shape index (κ1) is 40.9. The summed E-state index contributed by atoms with van der Waals surface area (Å²) >= 11 is 0. The summed E-state index contributed by atoms with van der Waals surface area (Å²) in [5.74, 6) is -22.2. The molecule has 18 heteroatoms. The minimum absolute atomic E-state index is 0.0585. The standard InChI is InChI=1S/C27H26BF9NO4.C6H2F3/c1-6-38(7-2,8-3)27(4,39-5)22-21(13-20(33)25(36)26(22)37)42-28(40-14-9-16(29)23(34)17(30)10-14)41-15-11-18(31)24(35)19(32)12-15;7-4-2-1-3-5(8)6(4)9/h9-13H,6-8H2,1-5H3;2-3H/q+1;-1. The molecule has 276 valence electrons. The average molecular weight is 741 g/mol. The molecule has 0 aliphatic rings. The van der Waals surface area contributed by atoms with Crippen molar-refractivity contribution in [2.75, 3.05) is 26.7 Å². The number of benzene rings is 4. The number of hydrogen-bond donors (Lipinski definition) is 0. The Morgan fingerprint density at radius 1 is 0.549 bits per heavy atom. The zero-order valence-corrected chi connectivity index (χ0v) is 27.4. The van der Waals surface area contributed by atoms with E-state index in [0.717, 1.165) is 12.1 Å². The summed E-state index contributed by atoms with van der Waals surface area (Å²) in [4.78, 5) is 0. The third kappa shape index (κ3) is 8.49. The van der Waals surface area contributed by atoms with Gasteiger partial charge in [0.05, 0.1) is 25.5 Å². The first-order valence-electron chi connectivity index (χ1n) is 14.8. The van der Waals surface area contributed by atoms with Gasteiger partial charge in [-0.3, -0.25) is 13.3 Å². The Morgan fingerprint density at radius 3 is 1.27 bits per heavy atom. The van der Waals surface area contributed by atoms with Crippen LogP contribution in [0.4, 0.5) is 52.7 Å². The van der Waals surface area contributed by atoms with E-state index in [4.69, 9.17) is 18.7 Å². The van der Waals surface area contributed by atoms with Crippen LogP contribution in [0.1, 0.15) is 33.3 Å². The van der Waals surface area contributed by atoms with Crippen LogP contribution in [0.3, 0.4) is 0 Å². The third-order valence-corrected chi connectivity index (χ3v) is 8.15. The minimum atomic E-state index is -2.39. The Morgan fingerprint density at radius 2 is 0.922 bits per heavy atom. The largest absolute Gasteiger partial charge is 0.864 e. The Balaban J connectivity index is 0.000000676. The molecule has 0 heterocycles. The van der Waals surface area contributed by atoms with Gasteiger partial charge >= 0.3 is 7.32 Å². The summed E-state index contributed by atoms with van der Waals surface area (Å²) in [6, 6.07) is 5.36. The van der Waals surface area contributed by atoms with E-state index in [-0.39, 0.29) is 4.48 Å². The monoisotopic (exact) mass is 741 g/mol. The lowest BCUT2D eigenvalue weighted by atomic mass is 9.96. The van der Waals surface area contributed by atoms with E-state index in [9.17, 15) is 48.3 Å². The minimum Gasteiger partial charge on any atom is -0.489 e. The van der Waals surface area contributed by atoms with Crippen molar-refractivity contribution in [1.29, 1.82) is 0 Å². The van der Waals surface area contributed by atoms with Gasteiger partial charge in [0.15, 0.2) is 52.4 Å². The summed E-state index contributed by atoms with van der Waals surface area (Å²) in [7, 11) is -1.20. The Bertz CT molecular complexity index is 1730. The molecule has 51 heavy (non-hydrogen) atoms. The molecule has 0 spiro atoms. The summed E-state index contributed by atoms with van der Waals surface area (Å²) < 4.78 is 185. The molecule has 0 bridgehead atoms. The van der Waals surface area contributed by atoms with E-state index >= 15 is 4.39 Å². The van der Waals surface area contributed by atoms with Gasteiger partial charge in [0.1, 0.15) is 22.8 Å². The van der Waals surface area contributed by atoms with Crippen LogP contribution in [0.15, 0.2) is 42.5 Å². The third-order valence-electron chi connectivity index (χ3n) is 8.15. The van der Waals surface area contributed by atoms with Crippen LogP contribution in [0, 0.1) is 75.9 Å². The average Bonchev–Trinajstić information content (AvgIpc) is 3.08. The normalized spacial score (nSPS) is 12.5. The van der Waals surface area contributed by atoms with Crippen molar-refractivity contribution in [1.82, 2.24) is 0 Å². The number of nitrogens with zero attached hydrogens (tertiary/aromatic N) is 1. The number of ether oxygens (including phenoxy) is 1. The van der Waals surface area contributed by atoms with Crippen LogP contribution in [-0.4, -0.2) is 38.5 Å². The molecule has 0 fully saturated rings. The topological polar surface area (TPSA) is 36.9 Å². The van der Waals surface area contributed by atoms with Crippen molar-refractivity contribution in [2.45, 2.75) is 33.4 Å². The molecule has 0 radical (unpaired) electrons. The van der Waals surface area contributed by atoms with Crippen LogP contribution >= 0.6 is 0 Å². The second-order valence-corrected chi connectivity index (χ2v) is 10.6. The summed E-state index contributed by atoms with van der Waals surface area (Å²) in [6.45, 7) is 7.51. The van der Waals surface area contributed by atoms with E-state index in [1.807, 2.05) is 0 Å². The van der Waals surface area contributed by atoms with Crippen LogP contribution < -0.4 is 14.0 Å². The molecule has 0 aliphatic carbocycles. The SMILES string of the molecule is CC[N+](CC)(CC)C(C)(OC)c1c(OB(Oc2cc(F)c(F)c(F)c2)Oc2cc(F)c(F)c(F)c2)cc(F)c(F)c1F.Fc1c[c-]cc(F)c1F. The number of rotatable bonds is 12. The predicted molar refractivity (Wildman–Crippen MR) is 158 cm³/mol. The summed E-state index contributed by atoms with van der Waals surface area (Å²) in [5.41, 5.74) is -2.45. The van der Waals surface area contributed by atoms with Gasteiger partial charge in [-0.25, -0.2) is 43.9 Å². The summed E-state index contributed by atoms with van der Waals surface area (Å²) in [5, 5.41) is 0. The molecule has 0 amide bonds. The number of methoxy groups -OCH3 is 1. The van der Waals surface area contributed by atoms with Gasteiger partial charge in [-0.2, -0.15) is 6.07 Å². The second kappa shape index (κ2) is 16.6. The lowest BCUT2D eigenvalue weighted by Gasteiger charge is -2.49. The van der Waals surface area contributed by atoms with Gasteiger partial charge in [0.25, 0.3) is 0 Å². The van der Waals surface area contributed by atoms with Crippen molar-refractivity contribution in [3.05, 3.63) is 124 Å². The molecular weight excluding hydrogens is 713 g/mol. The van der Waals surface area contributed by atoms with E-state index in [0.29, 0.717) is 50.0 Å². The molecule has 4 rings (SSSR count). The van der Waals surface area contributed by atoms with Crippen molar-refractivity contribution in [2.24, 2.45) is 0 Å². The van der Waals surface area contributed by atoms with Gasteiger partial charge in [0.2, 0.25) is 5.72 Å². The fraction of sp³-hybridized carbons (Fsp3) is 0.273. The quantitative estimate of drug-likeness (QED) is 0.0363. The molecule has 1 atom stereocenters. The van der Waals surface area contributed by atoms with E-state index in [1.54, 1.807) is 20.8 Å². The van der Waals surface area contributed by atoms with Crippen LogP contribution in [-0.2, 0) is 10.5 Å². The van der Waals surface area contributed by atoms with Crippen molar-refractivity contribution in [3.8, 4) is 17.2 Å². The maximum atomic E-state index is 15.6. The predicted octanol–water partition coefficient (Wildman–Crippen LogP) is 9.06. The van der Waals surface area contributed by atoms with E-state index in [2.05, 4.69) is 6.07 Å². The first-order valence-corrected chi connectivity index (χ1v) is 14.8. The summed E-state index contributed by atoms with van der Waals surface area (Å²) in [6.07, 6.45) is 0. The second-order valence-electron chi connectivity index (χ2n) is 10.6. The highest BCUT2D eigenvalue weighted by atomic mass is 19.2. The molecule has 0 aromatic heterocycles. The van der Waals surface area contributed by atoms with Gasteiger partial charge in [-0.15, -0.1) is 12.1 Å². The maximum absolute atomic E-state index is 15.6. The molecule has 0 saturated carbocycles. The zero-order valence-electron chi connectivity index (χ0n) is 27.4. The highest BCUT2D eigenvalue weighted by Gasteiger charge is 2.52. The van der Waals surface area contributed by atoms with Crippen molar-refractivity contribution < 1.29 is 75.9 Å². The molecule has 1 unspecified atom stereocenters. The fourth-order valence-electron chi connectivity index (χ4n) is 5.23. The van der Waals surface area contributed by atoms with Crippen LogP contribution in [0.2, 0.25) is 0 Å². The number of halogens is 12. The molecule has 5 nitrogen and oxygen atoms in total. The first-order chi connectivity index (χ1) is 23.9. The van der Waals surface area contributed by atoms with Crippen molar-refractivity contribution in [3.63, 3.8) is 0 Å². The zero-order chi connectivity index (χ0) is 38.4. The van der Waals surface area contributed by atoms with E-state index < -0.39 is 106 Å². The van der Waals surface area contributed by atoms with E-state index in [1.165, 1.54) is 14.0 Å². The highest BCUT2D eigenvalue weighted by Crippen LogP contribution is 2.44. The van der Waals surface area contributed by atoms with Gasteiger partial charge in [-0.05, 0) is 20.8 Å². The molecule has 0 N–H and O–H groups in total. The lowest BCUT2D eigenvalue weighted by molar-refractivity contribution is -1.00. The van der Waals surface area contributed by atoms with Gasteiger partial charge in [-0.1, -0.05) is 0 Å². The van der Waals surface area contributed by atoms with Crippen LogP contribution in [0.5, 0.6) is 17.2 Å². The Labute approximate surface area is 284 Å². The molecule has 4 aromatic carbocycles. The molecule has 0 saturated heterocycles. The van der Waals surface area contributed by atoms with Crippen molar-refractivity contribution >= 4 is 7.32 Å².